The Morgan fingerprint density at radius 2 is 2.21 bits per heavy atom. The first-order valence-corrected chi connectivity index (χ1v) is 6.27. The van der Waals surface area contributed by atoms with Crippen LogP contribution < -0.4 is 0 Å². The zero-order chi connectivity index (χ0) is 9.97. The Morgan fingerprint density at radius 3 is 2.93 bits per heavy atom. The van der Waals surface area contributed by atoms with Crippen molar-refractivity contribution in [1.29, 1.82) is 0 Å². The number of fused-ring (bicyclic) bond motifs is 1. The second-order valence-electron chi connectivity index (χ2n) is 3.60. The van der Waals surface area contributed by atoms with Crippen molar-refractivity contribution in [2.24, 2.45) is 0 Å². The van der Waals surface area contributed by atoms with Gasteiger partial charge in [-0.15, -0.1) is 11.8 Å². The average molecular weight is 205 g/mol. The quantitative estimate of drug-likeness (QED) is 0.687. The third kappa shape index (κ3) is 1.71. The Morgan fingerprint density at radius 1 is 1.43 bits per heavy atom. The second kappa shape index (κ2) is 4.18. The molecule has 1 aromatic heterocycles. The molecule has 0 N–H and O–H groups in total. The summed E-state index contributed by atoms with van der Waals surface area (Å²) in [5, 5.41) is 1.13. The molecule has 0 bridgehead atoms. The molecule has 1 aromatic rings. The number of nitrogens with zero attached hydrogens (tertiary/aromatic N) is 1. The molecule has 1 aliphatic rings. The fourth-order valence-corrected chi connectivity index (χ4v) is 2.52. The topological polar surface area (TPSA) is 12.9 Å². The van der Waals surface area contributed by atoms with E-state index in [4.69, 9.17) is 4.98 Å². The van der Waals surface area contributed by atoms with E-state index in [9.17, 15) is 0 Å². The molecule has 0 radical (unpaired) electrons. The van der Waals surface area contributed by atoms with Crippen LogP contribution in [0.15, 0.2) is 17.7 Å². The van der Waals surface area contributed by atoms with Gasteiger partial charge in [-0.25, -0.2) is 4.98 Å². The van der Waals surface area contributed by atoms with E-state index in [0.717, 1.165) is 11.4 Å². The smallest absolute Gasteiger partial charge is 0.103 e. The summed E-state index contributed by atoms with van der Waals surface area (Å²) in [4.78, 5) is 4.69. The molecule has 0 spiro atoms. The predicted octanol–water partition coefficient (Wildman–Crippen LogP) is 3.33. The number of rotatable bonds is 2. The molecule has 74 valence electrons. The summed E-state index contributed by atoms with van der Waals surface area (Å²) in [5.74, 6) is 0. The fourth-order valence-electron chi connectivity index (χ4n) is 1.94. The van der Waals surface area contributed by atoms with E-state index < -0.39 is 0 Å². The van der Waals surface area contributed by atoms with Gasteiger partial charge in [0.15, 0.2) is 0 Å². The molecule has 0 amide bonds. The maximum absolute atomic E-state index is 4.69. The molecule has 1 heterocycles. The van der Waals surface area contributed by atoms with Crippen LogP contribution in [-0.2, 0) is 12.8 Å². The molecule has 14 heavy (non-hydrogen) atoms. The highest BCUT2D eigenvalue weighted by Crippen LogP contribution is 2.26. The molecule has 1 aliphatic carbocycles. The first-order chi connectivity index (χ1) is 6.85. The van der Waals surface area contributed by atoms with Crippen molar-refractivity contribution in [3.8, 4) is 0 Å². The number of aryl methyl sites for hydroxylation is 2. The first-order valence-electron chi connectivity index (χ1n) is 5.04. The minimum Gasteiger partial charge on any atom is -0.246 e. The van der Waals surface area contributed by atoms with Crippen LogP contribution >= 0.6 is 11.8 Å². The third-order valence-electron chi connectivity index (χ3n) is 2.71. The molecule has 0 aromatic carbocycles. The summed E-state index contributed by atoms with van der Waals surface area (Å²) in [6.07, 6.45) is 8.93. The monoisotopic (exact) mass is 205 g/mol. The van der Waals surface area contributed by atoms with Crippen LogP contribution in [0.1, 0.15) is 29.7 Å². The van der Waals surface area contributed by atoms with Gasteiger partial charge in [0, 0.05) is 11.3 Å². The van der Waals surface area contributed by atoms with Gasteiger partial charge in [-0.1, -0.05) is 12.7 Å². The lowest BCUT2D eigenvalue weighted by atomic mass is 9.95. The van der Waals surface area contributed by atoms with Gasteiger partial charge in [0.2, 0.25) is 0 Å². The van der Waals surface area contributed by atoms with Gasteiger partial charge < -0.3 is 0 Å². The van der Waals surface area contributed by atoms with Crippen molar-refractivity contribution in [3.05, 3.63) is 29.5 Å². The van der Waals surface area contributed by atoms with Crippen LogP contribution in [-0.4, -0.2) is 11.2 Å². The van der Waals surface area contributed by atoms with Crippen LogP contribution in [0.3, 0.4) is 0 Å². The number of aromatic nitrogens is 1. The number of pyridine rings is 1. The third-order valence-corrected chi connectivity index (χ3v) is 3.42. The van der Waals surface area contributed by atoms with Crippen LogP contribution in [0.4, 0.5) is 0 Å². The van der Waals surface area contributed by atoms with Crippen molar-refractivity contribution < 1.29 is 0 Å². The molecule has 0 unspecified atom stereocenters. The van der Waals surface area contributed by atoms with Crippen LogP contribution in [0.25, 0.3) is 6.08 Å². The molecule has 0 saturated heterocycles. The van der Waals surface area contributed by atoms with Gasteiger partial charge in [-0.05, 0) is 43.6 Å². The lowest BCUT2D eigenvalue weighted by Crippen LogP contribution is -2.06. The molecule has 2 rings (SSSR count). The van der Waals surface area contributed by atoms with Crippen molar-refractivity contribution in [2.45, 2.75) is 30.7 Å². The Bertz CT molecular complexity index is 358. The predicted molar refractivity (Wildman–Crippen MR) is 62.8 cm³/mol. The van der Waals surface area contributed by atoms with E-state index in [0.29, 0.717) is 0 Å². The van der Waals surface area contributed by atoms with E-state index in [1.165, 1.54) is 36.1 Å². The van der Waals surface area contributed by atoms with E-state index in [-0.39, 0.29) is 0 Å². The molecule has 2 heteroatoms. The van der Waals surface area contributed by atoms with Crippen molar-refractivity contribution in [3.63, 3.8) is 0 Å². The maximum Gasteiger partial charge on any atom is 0.103 e. The lowest BCUT2D eigenvalue weighted by Gasteiger charge is -2.16. The van der Waals surface area contributed by atoms with E-state index in [2.05, 4.69) is 18.9 Å². The largest absolute Gasteiger partial charge is 0.246 e. The Labute approximate surface area is 89.6 Å². The van der Waals surface area contributed by atoms with Gasteiger partial charge in [-0.2, -0.15) is 0 Å². The van der Waals surface area contributed by atoms with Crippen molar-refractivity contribution >= 4 is 17.8 Å². The zero-order valence-electron chi connectivity index (χ0n) is 8.55. The first kappa shape index (κ1) is 9.78. The number of thioether (sulfide) groups is 1. The SMILES string of the molecule is C=Cc1cc2c(nc1SC)CCCC2. The fraction of sp³-hybridized carbons (Fsp3) is 0.417. The van der Waals surface area contributed by atoms with Crippen molar-refractivity contribution in [1.82, 2.24) is 4.98 Å². The Balaban J connectivity index is 2.48. The number of hydrogen-bond acceptors (Lipinski definition) is 2. The van der Waals surface area contributed by atoms with Gasteiger partial charge >= 0.3 is 0 Å². The van der Waals surface area contributed by atoms with Gasteiger partial charge in [0.25, 0.3) is 0 Å². The minimum atomic E-state index is 1.13. The van der Waals surface area contributed by atoms with Crippen LogP contribution in [0.5, 0.6) is 0 Å². The highest BCUT2D eigenvalue weighted by Gasteiger charge is 2.13. The molecule has 0 aliphatic heterocycles. The summed E-state index contributed by atoms with van der Waals surface area (Å²) in [6, 6.07) is 2.26. The highest BCUT2D eigenvalue weighted by molar-refractivity contribution is 7.98. The van der Waals surface area contributed by atoms with Gasteiger partial charge in [-0.3, -0.25) is 0 Å². The van der Waals surface area contributed by atoms with Gasteiger partial charge in [0.05, 0.1) is 0 Å². The van der Waals surface area contributed by atoms with E-state index >= 15 is 0 Å². The van der Waals surface area contributed by atoms with E-state index in [1.54, 1.807) is 11.8 Å². The summed E-state index contributed by atoms with van der Waals surface area (Å²) in [7, 11) is 0. The molecule has 1 nitrogen and oxygen atoms in total. The summed E-state index contributed by atoms with van der Waals surface area (Å²) in [6.45, 7) is 3.84. The summed E-state index contributed by atoms with van der Waals surface area (Å²) in [5.41, 5.74) is 3.94. The van der Waals surface area contributed by atoms with E-state index in [1.807, 2.05) is 6.08 Å². The van der Waals surface area contributed by atoms with Gasteiger partial charge in [0.1, 0.15) is 5.03 Å². The average Bonchev–Trinajstić information content (AvgIpc) is 2.27. The minimum absolute atomic E-state index is 1.13. The summed E-state index contributed by atoms with van der Waals surface area (Å²) < 4.78 is 0. The molecule has 0 fully saturated rings. The number of hydrogen-bond donors (Lipinski definition) is 0. The second-order valence-corrected chi connectivity index (χ2v) is 4.40. The maximum atomic E-state index is 4.69. The molecule has 0 atom stereocenters. The van der Waals surface area contributed by atoms with Crippen molar-refractivity contribution in [2.75, 3.05) is 6.26 Å². The summed E-state index contributed by atoms with van der Waals surface area (Å²) >= 11 is 1.71. The highest BCUT2D eigenvalue weighted by atomic mass is 32.2. The molecular formula is C12H15NS. The zero-order valence-corrected chi connectivity index (χ0v) is 9.36. The Hall–Kier alpha value is -0.760. The Kier molecular flexibility index (Phi) is 2.92. The van der Waals surface area contributed by atoms with Crippen LogP contribution in [0.2, 0.25) is 0 Å². The van der Waals surface area contributed by atoms with Crippen LogP contribution in [0, 0.1) is 0 Å². The molecule has 0 saturated carbocycles. The standard InChI is InChI=1S/C12H15NS/c1-3-9-8-10-6-4-5-7-11(10)13-12(9)14-2/h3,8H,1,4-7H2,2H3. The lowest BCUT2D eigenvalue weighted by molar-refractivity contribution is 0.660. The normalized spacial score (nSPS) is 14.9. The molecular weight excluding hydrogens is 190 g/mol.